The molecule has 0 amide bonds. The molecule has 0 fully saturated rings. The second-order valence-corrected chi connectivity index (χ2v) is 5.10. The van der Waals surface area contributed by atoms with E-state index < -0.39 is 5.41 Å². The minimum atomic E-state index is -0.415. The van der Waals surface area contributed by atoms with Crippen LogP contribution in [0.1, 0.15) is 45.9 Å². The third-order valence-electron chi connectivity index (χ3n) is 3.44. The number of ketones is 1. The van der Waals surface area contributed by atoms with Gasteiger partial charge in [-0.05, 0) is 26.3 Å². The maximum absolute atomic E-state index is 12.1. The lowest BCUT2D eigenvalue weighted by Gasteiger charge is -2.24. The topological polar surface area (TPSA) is 60.9 Å². The Kier molecular flexibility index (Phi) is 4.46. The van der Waals surface area contributed by atoms with Crippen LogP contribution in [0.3, 0.4) is 0 Å². The maximum atomic E-state index is 12.1. The number of rotatable bonds is 6. The summed E-state index contributed by atoms with van der Waals surface area (Å²) in [5.41, 5.74) is 6.09. The van der Waals surface area contributed by atoms with Crippen LogP contribution >= 0.6 is 0 Å². The van der Waals surface area contributed by atoms with Gasteiger partial charge in [-0.15, -0.1) is 0 Å². The quantitative estimate of drug-likeness (QED) is 0.822. The number of carbonyl (C=O) groups excluding carboxylic acids is 1. The highest BCUT2D eigenvalue weighted by atomic mass is 16.1. The van der Waals surface area contributed by atoms with Crippen molar-refractivity contribution in [2.24, 2.45) is 11.1 Å². The highest BCUT2D eigenvalue weighted by Crippen LogP contribution is 2.22. The van der Waals surface area contributed by atoms with E-state index in [4.69, 9.17) is 5.73 Å². The molecule has 4 heteroatoms. The van der Waals surface area contributed by atoms with E-state index in [1.807, 2.05) is 30.8 Å². The van der Waals surface area contributed by atoms with Crippen LogP contribution in [0, 0.1) is 5.41 Å². The van der Waals surface area contributed by atoms with E-state index >= 15 is 0 Å². The molecule has 1 aromatic rings. The average molecular weight is 237 g/mol. The summed E-state index contributed by atoms with van der Waals surface area (Å²) in [6, 6.07) is 2.23. The Morgan fingerprint density at radius 2 is 2.24 bits per heavy atom. The van der Waals surface area contributed by atoms with Gasteiger partial charge in [0.05, 0.1) is 12.1 Å². The van der Waals surface area contributed by atoms with Gasteiger partial charge in [0.1, 0.15) is 5.78 Å². The van der Waals surface area contributed by atoms with Crippen LogP contribution in [0.4, 0.5) is 0 Å². The van der Waals surface area contributed by atoms with E-state index in [2.05, 4.69) is 18.9 Å². The van der Waals surface area contributed by atoms with Crippen LogP contribution in [0.25, 0.3) is 0 Å². The van der Waals surface area contributed by atoms with Crippen molar-refractivity contribution >= 4 is 5.78 Å². The van der Waals surface area contributed by atoms with Crippen molar-refractivity contribution in [3.63, 3.8) is 0 Å². The summed E-state index contributed by atoms with van der Waals surface area (Å²) in [6.07, 6.45) is 3.06. The molecule has 0 radical (unpaired) electrons. The fourth-order valence-electron chi connectivity index (χ4n) is 1.59. The molecule has 1 heterocycles. The second kappa shape index (κ2) is 5.45. The van der Waals surface area contributed by atoms with Crippen LogP contribution in [0.2, 0.25) is 0 Å². The SMILES string of the molecule is CCC(C)(CN)C(=O)Cc1ccn(C(C)C)n1. The number of nitrogens with two attached hydrogens (primary N) is 1. The van der Waals surface area contributed by atoms with Gasteiger partial charge in [-0.3, -0.25) is 9.48 Å². The van der Waals surface area contributed by atoms with E-state index in [0.717, 1.165) is 12.1 Å². The van der Waals surface area contributed by atoms with Crippen LogP contribution in [-0.2, 0) is 11.2 Å². The van der Waals surface area contributed by atoms with E-state index in [1.54, 1.807) is 0 Å². The van der Waals surface area contributed by atoms with Gasteiger partial charge >= 0.3 is 0 Å². The van der Waals surface area contributed by atoms with Crippen molar-refractivity contribution in [2.75, 3.05) is 6.54 Å². The van der Waals surface area contributed by atoms with E-state index in [1.165, 1.54) is 0 Å². The van der Waals surface area contributed by atoms with Crippen LogP contribution in [0.15, 0.2) is 12.3 Å². The first-order valence-corrected chi connectivity index (χ1v) is 6.20. The second-order valence-electron chi connectivity index (χ2n) is 5.10. The molecule has 4 nitrogen and oxygen atoms in total. The molecule has 1 unspecified atom stereocenters. The van der Waals surface area contributed by atoms with Crippen molar-refractivity contribution in [2.45, 2.75) is 46.6 Å². The van der Waals surface area contributed by atoms with Gasteiger partial charge in [-0.1, -0.05) is 13.8 Å². The molecular formula is C13H23N3O. The molecule has 0 saturated carbocycles. The highest BCUT2D eigenvalue weighted by molar-refractivity contribution is 5.86. The molecule has 0 aromatic carbocycles. The molecule has 0 aliphatic carbocycles. The molecule has 2 N–H and O–H groups in total. The Balaban J connectivity index is 2.74. The lowest BCUT2D eigenvalue weighted by molar-refractivity contribution is -0.127. The van der Waals surface area contributed by atoms with E-state index in [9.17, 15) is 4.79 Å². The Bertz CT molecular complexity index is 378. The molecule has 0 aliphatic heterocycles. The third-order valence-corrected chi connectivity index (χ3v) is 3.44. The van der Waals surface area contributed by atoms with Crippen molar-refractivity contribution in [3.8, 4) is 0 Å². The lowest BCUT2D eigenvalue weighted by atomic mass is 9.81. The molecule has 0 saturated heterocycles. The zero-order valence-corrected chi connectivity index (χ0v) is 11.2. The fraction of sp³-hybridized carbons (Fsp3) is 0.692. The Morgan fingerprint density at radius 3 is 2.65 bits per heavy atom. The first kappa shape index (κ1) is 13.9. The first-order valence-electron chi connectivity index (χ1n) is 6.20. The highest BCUT2D eigenvalue weighted by Gasteiger charge is 2.29. The van der Waals surface area contributed by atoms with Crippen molar-refractivity contribution < 1.29 is 4.79 Å². The van der Waals surface area contributed by atoms with Gasteiger partial charge in [-0.2, -0.15) is 5.10 Å². The summed E-state index contributed by atoms with van der Waals surface area (Å²) in [4.78, 5) is 12.1. The zero-order chi connectivity index (χ0) is 13.1. The molecule has 17 heavy (non-hydrogen) atoms. The van der Waals surface area contributed by atoms with Crippen molar-refractivity contribution in [3.05, 3.63) is 18.0 Å². The minimum absolute atomic E-state index is 0.177. The molecule has 1 rings (SSSR count). The minimum Gasteiger partial charge on any atom is -0.329 e. The van der Waals surface area contributed by atoms with E-state index in [0.29, 0.717) is 19.0 Å². The summed E-state index contributed by atoms with van der Waals surface area (Å²) in [5.74, 6) is 0.177. The van der Waals surface area contributed by atoms with Gasteiger partial charge in [0.15, 0.2) is 0 Å². The van der Waals surface area contributed by atoms with Gasteiger partial charge in [0.2, 0.25) is 0 Å². The lowest BCUT2D eigenvalue weighted by Crippen LogP contribution is -2.36. The molecular weight excluding hydrogens is 214 g/mol. The smallest absolute Gasteiger partial charge is 0.146 e. The first-order chi connectivity index (χ1) is 7.92. The summed E-state index contributed by atoms with van der Waals surface area (Å²) in [6.45, 7) is 8.45. The average Bonchev–Trinajstić information content (AvgIpc) is 2.76. The van der Waals surface area contributed by atoms with Gasteiger partial charge in [0, 0.05) is 24.2 Å². The largest absolute Gasteiger partial charge is 0.329 e. The molecule has 1 aromatic heterocycles. The third kappa shape index (κ3) is 3.16. The van der Waals surface area contributed by atoms with Crippen molar-refractivity contribution in [1.82, 2.24) is 9.78 Å². The molecule has 0 bridgehead atoms. The van der Waals surface area contributed by atoms with Crippen LogP contribution in [-0.4, -0.2) is 22.1 Å². The van der Waals surface area contributed by atoms with Gasteiger partial charge in [-0.25, -0.2) is 0 Å². The fourth-order valence-corrected chi connectivity index (χ4v) is 1.59. The number of aromatic nitrogens is 2. The number of carbonyl (C=O) groups is 1. The summed E-state index contributed by atoms with van der Waals surface area (Å²) < 4.78 is 1.87. The molecule has 0 spiro atoms. The number of hydrogen-bond donors (Lipinski definition) is 1. The maximum Gasteiger partial charge on any atom is 0.146 e. The normalized spacial score (nSPS) is 14.9. The monoisotopic (exact) mass is 237 g/mol. The van der Waals surface area contributed by atoms with Gasteiger partial charge < -0.3 is 5.73 Å². The zero-order valence-electron chi connectivity index (χ0n) is 11.2. The Labute approximate surface area is 103 Å². The standard InChI is InChI=1S/C13H23N3O/c1-5-13(4,9-14)12(17)8-11-6-7-16(15-11)10(2)3/h6-7,10H,5,8-9,14H2,1-4H3. The number of nitrogens with zero attached hydrogens (tertiary/aromatic N) is 2. The summed E-state index contributed by atoms with van der Waals surface area (Å²) in [7, 11) is 0. The molecule has 0 aliphatic rings. The van der Waals surface area contributed by atoms with Crippen molar-refractivity contribution in [1.29, 1.82) is 0 Å². The summed E-state index contributed by atoms with van der Waals surface area (Å²) >= 11 is 0. The molecule has 1 atom stereocenters. The Morgan fingerprint density at radius 1 is 1.59 bits per heavy atom. The number of hydrogen-bond acceptors (Lipinski definition) is 3. The summed E-state index contributed by atoms with van der Waals surface area (Å²) in [5, 5.41) is 4.39. The van der Waals surface area contributed by atoms with Crippen LogP contribution in [0.5, 0.6) is 0 Å². The molecule has 96 valence electrons. The van der Waals surface area contributed by atoms with Gasteiger partial charge in [0.25, 0.3) is 0 Å². The predicted molar refractivity (Wildman–Crippen MR) is 68.8 cm³/mol. The van der Waals surface area contributed by atoms with E-state index in [-0.39, 0.29) is 5.78 Å². The number of Topliss-reactive ketones (excluding diaryl/α,β-unsaturated/α-hetero) is 1. The Hall–Kier alpha value is -1.16. The predicted octanol–water partition coefficient (Wildman–Crippen LogP) is 1.95. The van der Waals surface area contributed by atoms with Crippen LogP contribution < -0.4 is 5.73 Å².